The summed E-state index contributed by atoms with van der Waals surface area (Å²) in [6, 6.07) is 31.6. The maximum Gasteiger partial charge on any atom is 0.272 e. The molecule has 0 heterocycles. The first kappa shape index (κ1) is 34.4. The second kappa shape index (κ2) is 15.0. The number of carbonyl (C=O) groups excluding carboxylic acids is 5. The van der Waals surface area contributed by atoms with Crippen LogP contribution >= 0.6 is 35.0 Å². The number of nitrogens with one attached hydrogen (secondary N) is 3. The lowest BCUT2D eigenvalue weighted by atomic mass is 9.83. The minimum absolute atomic E-state index is 0.0958. The van der Waals surface area contributed by atoms with Crippen molar-refractivity contribution < 1.29 is 24.0 Å². The molecule has 50 heavy (non-hydrogen) atoms. The second-order valence-electron chi connectivity index (χ2n) is 11.2. The van der Waals surface area contributed by atoms with Gasteiger partial charge >= 0.3 is 0 Å². The van der Waals surface area contributed by atoms with Crippen molar-refractivity contribution in [3.8, 4) is 0 Å². The molecular weight excluding hydrogens is 693 g/mol. The zero-order valence-electron chi connectivity index (χ0n) is 26.3. The molecule has 0 bridgehead atoms. The Bertz CT molecular complexity index is 2200. The number of benzene rings is 5. The Kier molecular flexibility index (Phi) is 10.3. The van der Waals surface area contributed by atoms with E-state index < -0.39 is 17.1 Å². The van der Waals surface area contributed by atoms with Gasteiger partial charge in [-0.15, -0.1) is 11.8 Å². The quantitative estimate of drug-likeness (QED) is 0.102. The van der Waals surface area contributed by atoms with Gasteiger partial charge in [0.05, 0.1) is 16.5 Å². The van der Waals surface area contributed by atoms with Gasteiger partial charge in [0.1, 0.15) is 5.70 Å². The van der Waals surface area contributed by atoms with E-state index in [0.29, 0.717) is 42.9 Å². The maximum atomic E-state index is 13.6. The molecule has 1 atom stereocenters. The number of thioether (sulfide) groups is 1. The van der Waals surface area contributed by atoms with Crippen LogP contribution in [0.25, 0.3) is 6.08 Å². The molecule has 5 aromatic carbocycles. The number of carbonyl (C=O) groups is 5. The SMILES string of the molecule is CC(Sc1cccc(NC(=O)/C(=C\c2c(Cl)cccc2Cl)NC(=O)c2ccccc2)c1)C(=O)Nc1cccc2c1C(=O)c1ccccc1C2=O. The molecule has 3 amide bonds. The molecular formula is C39H27Cl2N3O5S. The molecule has 0 saturated carbocycles. The summed E-state index contributed by atoms with van der Waals surface area (Å²) >= 11 is 14.0. The predicted molar refractivity (Wildman–Crippen MR) is 197 cm³/mol. The minimum atomic E-state index is -0.638. The summed E-state index contributed by atoms with van der Waals surface area (Å²) in [6.45, 7) is 1.70. The van der Waals surface area contributed by atoms with Crippen molar-refractivity contribution in [2.75, 3.05) is 10.6 Å². The third kappa shape index (κ3) is 7.40. The van der Waals surface area contributed by atoms with Gasteiger partial charge in [-0.2, -0.15) is 0 Å². The van der Waals surface area contributed by atoms with Crippen LogP contribution in [-0.2, 0) is 9.59 Å². The highest BCUT2D eigenvalue weighted by Crippen LogP contribution is 2.33. The van der Waals surface area contributed by atoms with Crippen LogP contribution in [0.3, 0.4) is 0 Å². The average Bonchev–Trinajstić information content (AvgIpc) is 3.12. The van der Waals surface area contributed by atoms with Crippen LogP contribution in [0.1, 0.15) is 54.7 Å². The van der Waals surface area contributed by atoms with Gasteiger partial charge in [-0.25, -0.2) is 0 Å². The number of halogens is 2. The molecule has 1 aliphatic carbocycles. The number of hydrogen-bond donors (Lipinski definition) is 3. The summed E-state index contributed by atoms with van der Waals surface area (Å²) in [6.07, 6.45) is 1.41. The van der Waals surface area contributed by atoms with Crippen LogP contribution in [0.2, 0.25) is 10.0 Å². The van der Waals surface area contributed by atoms with Gasteiger partial charge in [0.25, 0.3) is 11.8 Å². The number of amides is 3. The molecule has 11 heteroatoms. The number of hydrogen-bond acceptors (Lipinski definition) is 6. The molecule has 0 aliphatic heterocycles. The zero-order valence-corrected chi connectivity index (χ0v) is 28.7. The summed E-state index contributed by atoms with van der Waals surface area (Å²) in [4.78, 5) is 67.2. The summed E-state index contributed by atoms with van der Waals surface area (Å²) in [5, 5.41) is 8.23. The summed E-state index contributed by atoms with van der Waals surface area (Å²) in [5.74, 6) is -2.13. The van der Waals surface area contributed by atoms with Crippen molar-refractivity contribution >= 4 is 81.7 Å². The van der Waals surface area contributed by atoms with Crippen LogP contribution in [-0.4, -0.2) is 34.5 Å². The predicted octanol–water partition coefficient (Wildman–Crippen LogP) is 8.30. The van der Waals surface area contributed by atoms with E-state index in [0.717, 1.165) is 0 Å². The fraction of sp³-hybridized carbons (Fsp3) is 0.0513. The van der Waals surface area contributed by atoms with Gasteiger partial charge < -0.3 is 16.0 Å². The molecule has 6 rings (SSSR count). The molecule has 1 aliphatic rings. The monoisotopic (exact) mass is 719 g/mol. The van der Waals surface area contributed by atoms with Crippen LogP contribution in [0, 0.1) is 0 Å². The molecule has 0 spiro atoms. The topological polar surface area (TPSA) is 121 Å². The van der Waals surface area contributed by atoms with E-state index in [9.17, 15) is 24.0 Å². The summed E-state index contributed by atoms with van der Waals surface area (Å²) < 4.78 is 0. The lowest BCUT2D eigenvalue weighted by Gasteiger charge is -2.21. The van der Waals surface area contributed by atoms with Gasteiger partial charge in [-0.1, -0.05) is 89.9 Å². The van der Waals surface area contributed by atoms with E-state index in [4.69, 9.17) is 23.2 Å². The fourth-order valence-corrected chi connectivity index (χ4v) is 6.76. The fourth-order valence-electron chi connectivity index (χ4n) is 5.32. The smallest absolute Gasteiger partial charge is 0.272 e. The first-order chi connectivity index (χ1) is 24.1. The van der Waals surface area contributed by atoms with Crippen molar-refractivity contribution in [1.29, 1.82) is 0 Å². The maximum absolute atomic E-state index is 13.6. The van der Waals surface area contributed by atoms with E-state index in [1.807, 2.05) is 0 Å². The van der Waals surface area contributed by atoms with Crippen molar-refractivity contribution in [2.45, 2.75) is 17.1 Å². The van der Waals surface area contributed by atoms with Gasteiger partial charge in [-0.3, -0.25) is 24.0 Å². The average molecular weight is 721 g/mol. The number of ketones is 2. The number of rotatable bonds is 9. The Balaban J connectivity index is 1.18. The highest BCUT2D eigenvalue weighted by molar-refractivity contribution is 8.00. The molecule has 0 radical (unpaired) electrons. The van der Waals surface area contributed by atoms with Crippen molar-refractivity contribution in [1.82, 2.24) is 5.32 Å². The van der Waals surface area contributed by atoms with E-state index >= 15 is 0 Å². The highest BCUT2D eigenvalue weighted by atomic mass is 35.5. The van der Waals surface area contributed by atoms with E-state index in [2.05, 4.69) is 16.0 Å². The molecule has 3 N–H and O–H groups in total. The summed E-state index contributed by atoms with van der Waals surface area (Å²) in [5.41, 5.74) is 2.28. The van der Waals surface area contributed by atoms with Crippen LogP contribution < -0.4 is 16.0 Å². The van der Waals surface area contributed by atoms with Crippen LogP contribution in [0.4, 0.5) is 11.4 Å². The van der Waals surface area contributed by atoms with Gasteiger partial charge in [0.2, 0.25) is 5.91 Å². The molecule has 5 aromatic rings. The Morgan fingerprint density at radius 2 is 1.32 bits per heavy atom. The van der Waals surface area contributed by atoms with Crippen LogP contribution in [0.5, 0.6) is 0 Å². The Morgan fingerprint density at radius 1 is 0.700 bits per heavy atom. The molecule has 0 saturated heterocycles. The lowest BCUT2D eigenvalue weighted by Crippen LogP contribution is -2.30. The molecule has 0 aromatic heterocycles. The third-order valence-corrected chi connectivity index (χ3v) is 9.55. The highest BCUT2D eigenvalue weighted by Gasteiger charge is 2.32. The number of anilines is 2. The second-order valence-corrected chi connectivity index (χ2v) is 13.4. The lowest BCUT2D eigenvalue weighted by molar-refractivity contribution is -0.115. The Hall–Kier alpha value is -5.48. The molecule has 1 unspecified atom stereocenters. The first-order valence-corrected chi connectivity index (χ1v) is 17.0. The summed E-state index contributed by atoms with van der Waals surface area (Å²) in [7, 11) is 0. The van der Waals surface area contributed by atoms with Gasteiger partial charge in [0.15, 0.2) is 11.6 Å². The van der Waals surface area contributed by atoms with Crippen LogP contribution in [0.15, 0.2) is 126 Å². The van der Waals surface area contributed by atoms with Gasteiger partial charge in [-0.05, 0) is 61.5 Å². The van der Waals surface area contributed by atoms with E-state index in [1.54, 1.807) is 122 Å². The molecule has 248 valence electrons. The minimum Gasteiger partial charge on any atom is -0.324 e. The van der Waals surface area contributed by atoms with Crippen molar-refractivity contribution in [3.05, 3.63) is 164 Å². The third-order valence-electron chi connectivity index (χ3n) is 7.80. The zero-order chi connectivity index (χ0) is 35.4. The Morgan fingerprint density at radius 3 is 2.04 bits per heavy atom. The Labute approximate surface area is 301 Å². The number of fused-ring (bicyclic) bond motifs is 2. The molecule has 8 nitrogen and oxygen atoms in total. The standard InChI is InChI=1S/C39H27Cl2N3O5S/c1-22(37(47)43-32-19-8-16-28-34(32)36(46)27-15-6-5-14-26(27)35(28)45)50-25-13-7-12-24(20-25)42-39(49)33(21-29-30(40)17-9-18-31(29)41)44-38(48)23-10-3-2-4-11-23/h2-22H,1H3,(H,42,49)(H,43,47)(H,44,48)/b33-21+. The normalized spacial score (nSPS) is 12.7. The van der Waals surface area contributed by atoms with E-state index in [-0.39, 0.29) is 40.0 Å². The van der Waals surface area contributed by atoms with E-state index in [1.165, 1.54) is 17.8 Å². The first-order valence-electron chi connectivity index (χ1n) is 15.3. The molecule has 0 fully saturated rings. The largest absolute Gasteiger partial charge is 0.324 e. The van der Waals surface area contributed by atoms with Crippen molar-refractivity contribution in [2.24, 2.45) is 0 Å². The van der Waals surface area contributed by atoms with Crippen molar-refractivity contribution in [3.63, 3.8) is 0 Å². The van der Waals surface area contributed by atoms with Gasteiger partial charge in [0, 0.05) is 48.4 Å².